The number of nitrogens with one attached hydrogen (secondary N) is 1. The molecule has 226 valence electrons. The zero-order valence-corrected chi connectivity index (χ0v) is 25.5. The Bertz CT molecular complexity index is 1840. The second kappa shape index (κ2) is 13.0. The molecular formula is C34H32N2O6S2. The average Bonchev–Trinajstić information content (AvgIpc) is 3.04. The average molecular weight is 629 g/mol. The topological polar surface area (TPSA) is 118 Å². The van der Waals surface area contributed by atoms with Crippen molar-refractivity contribution >= 4 is 38.4 Å². The summed E-state index contributed by atoms with van der Waals surface area (Å²) >= 11 is 1.63. The van der Waals surface area contributed by atoms with Crippen LogP contribution in [0.1, 0.15) is 36.0 Å². The van der Waals surface area contributed by atoms with Crippen LogP contribution in [-0.2, 0) is 26.1 Å². The van der Waals surface area contributed by atoms with Crippen LogP contribution in [0.4, 0.5) is 5.69 Å². The molecule has 0 spiro atoms. The van der Waals surface area contributed by atoms with E-state index in [1.54, 1.807) is 66.5 Å². The molecule has 1 aliphatic rings. The molecule has 10 heteroatoms. The van der Waals surface area contributed by atoms with Crippen LogP contribution in [0.25, 0.3) is 10.9 Å². The molecule has 5 aromatic rings. The number of thioether (sulfide) groups is 1. The van der Waals surface area contributed by atoms with Crippen molar-refractivity contribution in [3.63, 3.8) is 0 Å². The highest BCUT2D eigenvalue weighted by molar-refractivity contribution is 7.99. The van der Waals surface area contributed by atoms with Crippen LogP contribution in [0.3, 0.4) is 0 Å². The second-order valence-corrected chi connectivity index (χ2v) is 13.4. The summed E-state index contributed by atoms with van der Waals surface area (Å²) in [5.41, 5.74) is 3.22. The van der Waals surface area contributed by atoms with Crippen LogP contribution in [0, 0.1) is 5.92 Å². The lowest BCUT2D eigenvalue weighted by Gasteiger charge is -2.41. The number of sulfonamides is 1. The minimum absolute atomic E-state index is 0.0172. The van der Waals surface area contributed by atoms with Gasteiger partial charge in [0.15, 0.2) is 6.29 Å². The van der Waals surface area contributed by atoms with E-state index >= 15 is 0 Å². The Morgan fingerprint density at radius 1 is 0.886 bits per heavy atom. The fourth-order valence-electron chi connectivity index (χ4n) is 5.28. The van der Waals surface area contributed by atoms with E-state index in [0.717, 1.165) is 21.4 Å². The van der Waals surface area contributed by atoms with Crippen LogP contribution in [-0.4, -0.2) is 35.5 Å². The summed E-state index contributed by atoms with van der Waals surface area (Å²) in [6.07, 6.45) is 0.291. The van der Waals surface area contributed by atoms with Crippen LogP contribution in [0.5, 0.6) is 5.75 Å². The summed E-state index contributed by atoms with van der Waals surface area (Å²) in [7, 11) is -3.95. The van der Waals surface area contributed by atoms with Crippen molar-refractivity contribution in [2.45, 2.75) is 41.8 Å². The smallest absolute Gasteiger partial charge is 0.264 e. The highest BCUT2D eigenvalue weighted by Gasteiger charge is 2.38. The van der Waals surface area contributed by atoms with Crippen molar-refractivity contribution in [1.82, 2.24) is 4.98 Å². The van der Waals surface area contributed by atoms with Crippen LogP contribution in [0.15, 0.2) is 119 Å². The summed E-state index contributed by atoms with van der Waals surface area (Å²) in [5.74, 6) is 0.831. The normalized spacial score (nSPS) is 20.4. The van der Waals surface area contributed by atoms with Gasteiger partial charge in [0.1, 0.15) is 10.6 Å². The van der Waals surface area contributed by atoms with E-state index in [1.165, 1.54) is 0 Å². The van der Waals surface area contributed by atoms with Crippen molar-refractivity contribution in [3.05, 3.63) is 126 Å². The fraction of sp³-hybridized carbons (Fsp3) is 0.206. The number of fused-ring (bicyclic) bond motifs is 1. The van der Waals surface area contributed by atoms with Gasteiger partial charge in [-0.05, 0) is 59.7 Å². The molecule has 0 amide bonds. The van der Waals surface area contributed by atoms with E-state index < -0.39 is 16.3 Å². The lowest BCUT2D eigenvalue weighted by molar-refractivity contribution is -0.268. The number of aromatic hydroxyl groups is 1. The van der Waals surface area contributed by atoms with Gasteiger partial charge in [0.05, 0.1) is 24.3 Å². The molecule has 1 aliphatic heterocycles. The molecule has 2 heterocycles. The highest BCUT2D eigenvalue weighted by atomic mass is 32.2. The number of nitrogens with zero attached hydrogens (tertiary/aromatic N) is 1. The lowest BCUT2D eigenvalue weighted by atomic mass is 9.91. The maximum Gasteiger partial charge on any atom is 0.264 e. The predicted molar refractivity (Wildman–Crippen MR) is 171 cm³/mol. The number of aromatic nitrogens is 1. The largest absolute Gasteiger partial charge is 0.508 e. The molecule has 3 N–H and O–H groups in total. The number of para-hydroxylation sites is 1. The van der Waals surface area contributed by atoms with Crippen molar-refractivity contribution < 1.29 is 28.1 Å². The first-order valence-electron chi connectivity index (χ1n) is 14.2. The number of phenols is 1. The number of hydrogen-bond donors (Lipinski definition) is 3. The van der Waals surface area contributed by atoms with Gasteiger partial charge in [-0.15, -0.1) is 11.8 Å². The van der Waals surface area contributed by atoms with Gasteiger partial charge in [-0.2, -0.15) is 0 Å². The van der Waals surface area contributed by atoms with Gasteiger partial charge in [0.25, 0.3) is 10.0 Å². The molecule has 1 unspecified atom stereocenters. The van der Waals surface area contributed by atoms with E-state index in [1.807, 2.05) is 54.6 Å². The van der Waals surface area contributed by atoms with Crippen LogP contribution >= 0.6 is 11.8 Å². The monoisotopic (exact) mass is 628 g/mol. The number of rotatable bonds is 9. The molecule has 0 aliphatic carbocycles. The van der Waals surface area contributed by atoms with Gasteiger partial charge in [-0.1, -0.05) is 61.5 Å². The minimum atomic E-state index is -3.95. The Morgan fingerprint density at radius 2 is 1.64 bits per heavy atom. The maximum atomic E-state index is 13.5. The molecular weight excluding hydrogens is 597 g/mol. The first-order chi connectivity index (χ1) is 21.3. The van der Waals surface area contributed by atoms with Gasteiger partial charge in [0.2, 0.25) is 0 Å². The molecule has 8 nitrogen and oxygen atoms in total. The van der Waals surface area contributed by atoms with Crippen molar-refractivity contribution in [2.24, 2.45) is 5.92 Å². The third kappa shape index (κ3) is 6.59. The Labute approximate surface area is 260 Å². The number of pyridine rings is 1. The first-order valence-corrected chi connectivity index (χ1v) is 16.7. The molecule has 4 atom stereocenters. The Balaban J connectivity index is 1.27. The molecule has 0 saturated carbocycles. The summed E-state index contributed by atoms with van der Waals surface area (Å²) in [5, 5.41) is 19.9. The van der Waals surface area contributed by atoms with Crippen molar-refractivity contribution in [2.75, 3.05) is 10.5 Å². The number of ether oxygens (including phenoxy) is 2. The summed E-state index contributed by atoms with van der Waals surface area (Å²) < 4.78 is 42.8. The van der Waals surface area contributed by atoms with E-state index in [2.05, 4.69) is 16.6 Å². The summed E-state index contributed by atoms with van der Waals surface area (Å²) in [6.45, 7) is 2.04. The van der Waals surface area contributed by atoms with E-state index in [0.29, 0.717) is 22.5 Å². The molecule has 0 bridgehead atoms. The number of benzene rings is 4. The van der Waals surface area contributed by atoms with Crippen LogP contribution in [0.2, 0.25) is 0 Å². The Hall–Kier alpha value is -3.93. The number of aliphatic hydroxyl groups is 1. The zero-order valence-electron chi connectivity index (χ0n) is 23.9. The molecule has 0 radical (unpaired) electrons. The number of hydrogen-bond acceptors (Lipinski definition) is 8. The predicted octanol–water partition coefficient (Wildman–Crippen LogP) is 6.82. The first kappa shape index (κ1) is 30.1. The van der Waals surface area contributed by atoms with Crippen molar-refractivity contribution in [3.8, 4) is 5.75 Å². The fourth-order valence-corrected chi connectivity index (χ4v) is 7.58. The molecule has 1 saturated heterocycles. The Morgan fingerprint density at radius 3 is 2.41 bits per heavy atom. The molecule has 4 aromatic carbocycles. The standard InChI is InChI=1S/C34H32N2O6S2/c1-22-30(21-43-29-16-14-28(38)15-17-29)41-34(42-33(22)25-12-10-23(20-37)11-13-25)26-6-2-8-27(19-26)36-44(39,40)31-9-3-5-24-7-4-18-35-32(24)31/h2-19,22,30,33-34,36-38H,20-21H2,1H3/t22-,30+,33+,34?/m0/s1. The number of aliphatic hydroxyl groups excluding tert-OH is 1. The van der Waals surface area contributed by atoms with Gasteiger partial charge >= 0.3 is 0 Å². The van der Waals surface area contributed by atoms with E-state index in [-0.39, 0.29) is 35.4 Å². The van der Waals surface area contributed by atoms with E-state index in [4.69, 9.17) is 9.47 Å². The van der Waals surface area contributed by atoms with Gasteiger partial charge in [-0.25, -0.2) is 8.42 Å². The third-order valence-corrected chi connectivity index (χ3v) is 10.2. The second-order valence-electron chi connectivity index (χ2n) is 10.7. The Kier molecular flexibility index (Phi) is 8.88. The van der Waals surface area contributed by atoms with E-state index in [9.17, 15) is 18.6 Å². The molecule has 6 rings (SSSR count). The lowest BCUT2D eigenvalue weighted by Crippen LogP contribution is -2.38. The molecule has 1 fully saturated rings. The molecule has 1 aromatic heterocycles. The highest BCUT2D eigenvalue weighted by Crippen LogP contribution is 2.43. The third-order valence-electron chi connectivity index (χ3n) is 7.67. The maximum absolute atomic E-state index is 13.5. The van der Waals surface area contributed by atoms with Crippen molar-refractivity contribution in [1.29, 1.82) is 0 Å². The van der Waals surface area contributed by atoms with Crippen LogP contribution < -0.4 is 4.72 Å². The van der Waals surface area contributed by atoms with Gasteiger partial charge < -0.3 is 19.7 Å². The summed E-state index contributed by atoms with van der Waals surface area (Å²) in [6, 6.07) is 30.4. The zero-order chi connectivity index (χ0) is 30.7. The summed E-state index contributed by atoms with van der Waals surface area (Å²) in [4.78, 5) is 5.40. The number of phenolic OH excluding ortho intramolecular Hbond substituents is 1. The number of anilines is 1. The quantitative estimate of drug-likeness (QED) is 0.152. The minimum Gasteiger partial charge on any atom is -0.508 e. The van der Waals surface area contributed by atoms with Gasteiger partial charge in [0, 0.05) is 39.4 Å². The SMILES string of the molecule is C[C@H]1[C@@H](CSc2ccc(O)cc2)OC(c2cccc(NS(=O)(=O)c3cccc4cccnc34)c2)O[C@H]1c1ccc(CO)cc1. The van der Waals surface area contributed by atoms with Gasteiger partial charge in [-0.3, -0.25) is 9.71 Å². The molecule has 44 heavy (non-hydrogen) atoms.